The van der Waals surface area contributed by atoms with Crippen LogP contribution in [0.3, 0.4) is 0 Å². The lowest BCUT2D eigenvalue weighted by atomic mass is 10.2. The number of nitrogens with one attached hydrogen (secondary N) is 1. The molecule has 0 aromatic heterocycles. The molecule has 19 heavy (non-hydrogen) atoms. The van der Waals surface area contributed by atoms with Crippen molar-refractivity contribution >= 4 is 5.97 Å². The third kappa shape index (κ3) is 4.44. The van der Waals surface area contributed by atoms with Crippen LogP contribution in [0.5, 0.6) is 11.5 Å². The van der Waals surface area contributed by atoms with E-state index in [-0.39, 0.29) is 0 Å². The fourth-order valence-electron chi connectivity index (χ4n) is 1.64. The molecule has 5 heteroatoms. The largest absolute Gasteiger partial charge is 0.490 e. The number of carbonyl (C=O) groups is 1. The number of hydrogen-bond donors (Lipinski definition) is 1. The quantitative estimate of drug-likeness (QED) is 0.763. The molecule has 0 aliphatic rings. The summed E-state index contributed by atoms with van der Waals surface area (Å²) in [7, 11) is 3.21. The number of esters is 1. The lowest BCUT2D eigenvalue weighted by Gasteiger charge is -2.16. The van der Waals surface area contributed by atoms with Crippen LogP contribution >= 0.6 is 0 Å². The first kappa shape index (κ1) is 15.3. The van der Waals surface area contributed by atoms with Crippen LogP contribution in [-0.4, -0.2) is 32.8 Å². The van der Waals surface area contributed by atoms with E-state index in [4.69, 9.17) is 9.47 Å². The van der Waals surface area contributed by atoms with Gasteiger partial charge < -0.3 is 19.5 Å². The molecule has 1 rings (SSSR count). The predicted octanol–water partition coefficient (Wildman–Crippen LogP) is 1.74. The average Bonchev–Trinajstić information content (AvgIpc) is 2.41. The Hall–Kier alpha value is -1.75. The van der Waals surface area contributed by atoms with Gasteiger partial charge in [0.05, 0.1) is 13.7 Å². The van der Waals surface area contributed by atoms with Gasteiger partial charge in [-0.1, -0.05) is 6.07 Å². The molecule has 0 spiro atoms. The number of benzene rings is 1. The maximum Gasteiger partial charge on any atom is 0.346 e. The first-order valence-corrected chi connectivity index (χ1v) is 6.27. The van der Waals surface area contributed by atoms with Crippen LogP contribution in [0.25, 0.3) is 0 Å². The SMILES string of the molecule is CCOc1cc(CNC)ccc1OC(C)C(=O)OC. The maximum absolute atomic E-state index is 11.4. The van der Waals surface area contributed by atoms with Gasteiger partial charge in [0, 0.05) is 6.54 Å². The predicted molar refractivity (Wildman–Crippen MR) is 72.5 cm³/mol. The van der Waals surface area contributed by atoms with E-state index in [1.54, 1.807) is 13.0 Å². The van der Waals surface area contributed by atoms with E-state index in [1.165, 1.54) is 7.11 Å². The molecule has 1 unspecified atom stereocenters. The van der Waals surface area contributed by atoms with E-state index in [2.05, 4.69) is 10.1 Å². The van der Waals surface area contributed by atoms with Gasteiger partial charge in [0.15, 0.2) is 17.6 Å². The second-order valence-corrected chi connectivity index (χ2v) is 4.03. The second kappa shape index (κ2) is 7.63. The van der Waals surface area contributed by atoms with Gasteiger partial charge in [-0.2, -0.15) is 0 Å². The van der Waals surface area contributed by atoms with Crippen molar-refractivity contribution in [1.29, 1.82) is 0 Å². The molecule has 0 aliphatic carbocycles. The van der Waals surface area contributed by atoms with Crippen molar-refractivity contribution in [3.05, 3.63) is 23.8 Å². The molecule has 1 atom stereocenters. The van der Waals surface area contributed by atoms with Crippen LogP contribution in [0, 0.1) is 0 Å². The van der Waals surface area contributed by atoms with Crippen molar-refractivity contribution in [2.24, 2.45) is 0 Å². The van der Waals surface area contributed by atoms with Crippen molar-refractivity contribution in [1.82, 2.24) is 5.32 Å². The standard InChI is InChI=1S/C14H21NO4/c1-5-18-13-8-11(9-15-3)6-7-12(13)19-10(2)14(16)17-4/h6-8,10,15H,5,9H2,1-4H3. The zero-order chi connectivity index (χ0) is 14.3. The van der Waals surface area contributed by atoms with Gasteiger partial charge in [-0.15, -0.1) is 0 Å². The Bertz CT molecular complexity index is 420. The Morgan fingerprint density at radius 2 is 2.11 bits per heavy atom. The van der Waals surface area contributed by atoms with Crippen LogP contribution < -0.4 is 14.8 Å². The van der Waals surface area contributed by atoms with Crippen molar-refractivity contribution in [2.45, 2.75) is 26.5 Å². The van der Waals surface area contributed by atoms with Crippen molar-refractivity contribution in [2.75, 3.05) is 20.8 Å². The Morgan fingerprint density at radius 1 is 1.37 bits per heavy atom. The van der Waals surface area contributed by atoms with Crippen molar-refractivity contribution < 1.29 is 19.0 Å². The summed E-state index contributed by atoms with van der Waals surface area (Å²) in [5.41, 5.74) is 1.09. The summed E-state index contributed by atoms with van der Waals surface area (Å²) < 4.78 is 15.7. The van der Waals surface area contributed by atoms with Crippen LogP contribution in [0.2, 0.25) is 0 Å². The number of rotatable bonds is 7. The lowest BCUT2D eigenvalue weighted by molar-refractivity contribution is -0.147. The van der Waals surface area contributed by atoms with E-state index in [1.807, 2.05) is 26.1 Å². The average molecular weight is 267 g/mol. The summed E-state index contributed by atoms with van der Waals surface area (Å²) >= 11 is 0. The monoisotopic (exact) mass is 267 g/mol. The van der Waals surface area contributed by atoms with Gasteiger partial charge in [0.2, 0.25) is 0 Å². The molecule has 1 aromatic rings. The number of ether oxygens (including phenoxy) is 3. The van der Waals surface area contributed by atoms with E-state index in [0.717, 1.165) is 12.1 Å². The topological polar surface area (TPSA) is 56.8 Å². The van der Waals surface area contributed by atoms with Crippen LogP contribution in [0.15, 0.2) is 18.2 Å². The highest BCUT2D eigenvalue weighted by Crippen LogP contribution is 2.29. The van der Waals surface area contributed by atoms with Gasteiger partial charge in [-0.05, 0) is 38.6 Å². The number of methoxy groups -OCH3 is 1. The first-order valence-electron chi connectivity index (χ1n) is 6.27. The van der Waals surface area contributed by atoms with Gasteiger partial charge in [-0.25, -0.2) is 4.79 Å². The highest BCUT2D eigenvalue weighted by molar-refractivity contribution is 5.74. The van der Waals surface area contributed by atoms with Gasteiger partial charge in [0.25, 0.3) is 0 Å². The third-order valence-corrected chi connectivity index (χ3v) is 2.53. The zero-order valence-electron chi connectivity index (χ0n) is 11.9. The van der Waals surface area contributed by atoms with Crippen LogP contribution in [0.4, 0.5) is 0 Å². The third-order valence-electron chi connectivity index (χ3n) is 2.53. The molecule has 0 amide bonds. The van der Waals surface area contributed by atoms with E-state index in [9.17, 15) is 4.79 Å². The summed E-state index contributed by atoms with van der Waals surface area (Å²) in [6.07, 6.45) is -0.667. The molecule has 0 bridgehead atoms. The van der Waals surface area contributed by atoms with Crippen LogP contribution in [0.1, 0.15) is 19.4 Å². The molecular weight excluding hydrogens is 246 g/mol. The van der Waals surface area contributed by atoms with Gasteiger partial charge in [0.1, 0.15) is 0 Å². The zero-order valence-corrected chi connectivity index (χ0v) is 11.9. The molecule has 0 radical (unpaired) electrons. The Morgan fingerprint density at radius 3 is 2.68 bits per heavy atom. The number of hydrogen-bond acceptors (Lipinski definition) is 5. The maximum atomic E-state index is 11.4. The smallest absolute Gasteiger partial charge is 0.346 e. The minimum Gasteiger partial charge on any atom is -0.490 e. The minimum atomic E-state index is -0.667. The molecule has 106 valence electrons. The summed E-state index contributed by atoms with van der Waals surface area (Å²) in [6, 6.07) is 5.63. The Labute approximate surface area is 113 Å². The molecule has 5 nitrogen and oxygen atoms in total. The van der Waals surface area contributed by atoms with Crippen LogP contribution in [-0.2, 0) is 16.1 Å². The Kier molecular flexibility index (Phi) is 6.15. The van der Waals surface area contributed by atoms with Gasteiger partial charge >= 0.3 is 5.97 Å². The molecule has 0 saturated heterocycles. The Balaban J connectivity index is 2.89. The summed E-state index contributed by atoms with van der Waals surface area (Å²) in [5, 5.41) is 3.07. The van der Waals surface area contributed by atoms with E-state index in [0.29, 0.717) is 18.1 Å². The fraction of sp³-hybridized carbons (Fsp3) is 0.500. The van der Waals surface area contributed by atoms with E-state index < -0.39 is 12.1 Å². The molecule has 0 heterocycles. The highest BCUT2D eigenvalue weighted by atomic mass is 16.6. The normalized spacial score (nSPS) is 11.8. The number of carbonyl (C=O) groups excluding carboxylic acids is 1. The molecule has 0 aliphatic heterocycles. The molecule has 0 fully saturated rings. The molecule has 0 saturated carbocycles. The molecule has 1 N–H and O–H groups in total. The second-order valence-electron chi connectivity index (χ2n) is 4.03. The van der Waals surface area contributed by atoms with E-state index >= 15 is 0 Å². The fourth-order valence-corrected chi connectivity index (χ4v) is 1.64. The van der Waals surface area contributed by atoms with Crippen molar-refractivity contribution in [3.8, 4) is 11.5 Å². The first-order chi connectivity index (χ1) is 9.12. The molecule has 1 aromatic carbocycles. The highest BCUT2D eigenvalue weighted by Gasteiger charge is 2.17. The minimum absolute atomic E-state index is 0.415. The summed E-state index contributed by atoms with van der Waals surface area (Å²) in [5.74, 6) is 0.757. The van der Waals surface area contributed by atoms with Crippen molar-refractivity contribution in [3.63, 3.8) is 0 Å². The lowest BCUT2D eigenvalue weighted by Crippen LogP contribution is -2.25. The summed E-state index contributed by atoms with van der Waals surface area (Å²) in [4.78, 5) is 11.4. The van der Waals surface area contributed by atoms with Gasteiger partial charge in [-0.3, -0.25) is 0 Å². The summed E-state index contributed by atoms with van der Waals surface area (Å²) in [6.45, 7) is 4.82. The molecular formula is C14H21NO4.